The Kier molecular flexibility index (Phi) is 5.99. The van der Waals surface area contributed by atoms with Crippen LogP contribution in [0.1, 0.15) is 36.8 Å². The number of nitrogens with zero attached hydrogens (tertiary/aromatic N) is 2. The lowest BCUT2D eigenvalue weighted by molar-refractivity contribution is -0.123. The Morgan fingerprint density at radius 1 is 1.08 bits per heavy atom. The van der Waals surface area contributed by atoms with Gasteiger partial charge in [0.05, 0.1) is 11.4 Å². The van der Waals surface area contributed by atoms with Crippen molar-refractivity contribution in [2.45, 2.75) is 50.5 Å². The Balaban J connectivity index is 1.53. The number of sulfonamides is 1. The first-order chi connectivity index (χ1) is 12.4. The van der Waals surface area contributed by atoms with E-state index in [4.69, 9.17) is 0 Å². The van der Waals surface area contributed by atoms with Gasteiger partial charge in [-0.3, -0.25) is 9.69 Å². The van der Waals surface area contributed by atoms with Crippen molar-refractivity contribution in [2.24, 2.45) is 0 Å². The van der Waals surface area contributed by atoms with Gasteiger partial charge >= 0.3 is 0 Å². The second kappa shape index (κ2) is 8.06. The third-order valence-electron chi connectivity index (χ3n) is 5.53. The van der Waals surface area contributed by atoms with E-state index in [1.54, 1.807) is 12.1 Å². The fraction of sp³-hybridized carbons (Fsp3) is 0.632. The van der Waals surface area contributed by atoms with Crippen molar-refractivity contribution < 1.29 is 13.2 Å². The number of nitrogens with one attached hydrogen (secondary N) is 1. The lowest BCUT2D eigenvalue weighted by atomic mass is 10.1. The van der Waals surface area contributed by atoms with Gasteiger partial charge in [-0.25, -0.2) is 8.42 Å². The minimum absolute atomic E-state index is 0.0577. The predicted molar refractivity (Wildman–Crippen MR) is 102 cm³/mol. The summed E-state index contributed by atoms with van der Waals surface area (Å²) in [5.74, 6) is 0.0577. The SMILES string of the molecule is Cc1ccc(S(=O)(=O)N2CCN(CC(=O)NC3CCCC3)CC2)cc1C. The van der Waals surface area contributed by atoms with Crippen LogP contribution in [0.15, 0.2) is 23.1 Å². The standard InChI is InChI=1S/C19H29N3O3S/c1-15-7-8-18(13-16(15)2)26(24,25)22-11-9-21(10-12-22)14-19(23)20-17-5-3-4-6-17/h7-8,13,17H,3-6,9-12,14H2,1-2H3,(H,20,23). The van der Waals surface area contributed by atoms with E-state index in [0.29, 0.717) is 43.7 Å². The number of amides is 1. The highest BCUT2D eigenvalue weighted by Gasteiger charge is 2.29. The van der Waals surface area contributed by atoms with Gasteiger partial charge in [-0.2, -0.15) is 4.31 Å². The van der Waals surface area contributed by atoms with Crippen molar-refractivity contribution in [3.63, 3.8) is 0 Å². The van der Waals surface area contributed by atoms with Gasteiger partial charge in [0.1, 0.15) is 0 Å². The topological polar surface area (TPSA) is 69.7 Å². The molecule has 0 bridgehead atoms. The first-order valence-electron chi connectivity index (χ1n) is 9.45. The van der Waals surface area contributed by atoms with Crippen molar-refractivity contribution in [3.8, 4) is 0 Å². The van der Waals surface area contributed by atoms with Crippen LogP contribution in [-0.2, 0) is 14.8 Å². The molecule has 3 rings (SSSR count). The maximum atomic E-state index is 12.8. The lowest BCUT2D eigenvalue weighted by Crippen LogP contribution is -2.51. The molecule has 2 fully saturated rings. The number of benzene rings is 1. The largest absolute Gasteiger partial charge is 0.352 e. The number of hydrogen-bond acceptors (Lipinski definition) is 4. The minimum atomic E-state index is -3.47. The van der Waals surface area contributed by atoms with Crippen molar-refractivity contribution in [2.75, 3.05) is 32.7 Å². The van der Waals surface area contributed by atoms with E-state index in [-0.39, 0.29) is 5.91 Å². The van der Waals surface area contributed by atoms with Gasteiger partial charge in [0.2, 0.25) is 15.9 Å². The van der Waals surface area contributed by atoms with Gasteiger partial charge in [-0.1, -0.05) is 18.9 Å². The van der Waals surface area contributed by atoms with Crippen LogP contribution in [0.25, 0.3) is 0 Å². The molecule has 6 nitrogen and oxygen atoms in total. The molecule has 1 aromatic rings. The molecule has 1 aromatic carbocycles. The number of aryl methyl sites for hydroxylation is 2. The summed E-state index contributed by atoms with van der Waals surface area (Å²) in [5, 5.41) is 3.09. The number of rotatable bonds is 5. The van der Waals surface area contributed by atoms with Crippen LogP contribution in [0.2, 0.25) is 0 Å². The van der Waals surface area contributed by atoms with Crippen molar-refractivity contribution in [3.05, 3.63) is 29.3 Å². The summed E-state index contributed by atoms with van der Waals surface area (Å²) in [4.78, 5) is 14.5. The Morgan fingerprint density at radius 2 is 1.73 bits per heavy atom. The first kappa shape index (κ1) is 19.3. The van der Waals surface area contributed by atoms with Gasteiger partial charge in [0.15, 0.2) is 0 Å². The fourth-order valence-electron chi connectivity index (χ4n) is 3.70. The Labute approximate surface area is 156 Å². The van der Waals surface area contributed by atoms with E-state index >= 15 is 0 Å². The molecule has 1 N–H and O–H groups in total. The molecule has 1 saturated heterocycles. The van der Waals surface area contributed by atoms with Gasteiger partial charge in [0.25, 0.3) is 0 Å². The van der Waals surface area contributed by atoms with Gasteiger partial charge in [0, 0.05) is 32.2 Å². The second-order valence-electron chi connectivity index (χ2n) is 7.48. The molecule has 1 aliphatic heterocycles. The smallest absolute Gasteiger partial charge is 0.243 e. The Morgan fingerprint density at radius 3 is 2.35 bits per heavy atom. The van der Waals surface area contributed by atoms with Gasteiger partial charge < -0.3 is 5.32 Å². The molecule has 1 heterocycles. The van der Waals surface area contributed by atoms with E-state index in [9.17, 15) is 13.2 Å². The molecule has 1 aliphatic carbocycles. The van der Waals surface area contributed by atoms with Gasteiger partial charge in [-0.15, -0.1) is 0 Å². The zero-order valence-corrected chi connectivity index (χ0v) is 16.5. The summed E-state index contributed by atoms with van der Waals surface area (Å²) >= 11 is 0. The van der Waals surface area contributed by atoms with Crippen LogP contribution in [0.5, 0.6) is 0 Å². The van der Waals surface area contributed by atoms with E-state index in [1.807, 2.05) is 24.8 Å². The average molecular weight is 380 g/mol. The summed E-state index contributed by atoms with van der Waals surface area (Å²) in [5.41, 5.74) is 2.07. The summed E-state index contributed by atoms with van der Waals surface area (Å²) in [6.07, 6.45) is 4.54. The van der Waals surface area contributed by atoms with Crippen LogP contribution >= 0.6 is 0 Å². The molecule has 1 amide bonds. The predicted octanol–water partition coefficient (Wildman–Crippen LogP) is 1.67. The normalized spacial score (nSPS) is 20.4. The highest BCUT2D eigenvalue weighted by molar-refractivity contribution is 7.89. The Bertz CT molecular complexity index is 749. The minimum Gasteiger partial charge on any atom is -0.352 e. The van der Waals surface area contributed by atoms with E-state index < -0.39 is 10.0 Å². The highest BCUT2D eigenvalue weighted by atomic mass is 32.2. The monoisotopic (exact) mass is 379 g/mol. The third-order valence-corrected chi connectivity index (χ3v) is 7.43. The summed E-state index contributed by atoms with van der Waals surface area (Å²) in [7, 11) is -3.47. The zero-order valence-electron chi connectivity index (χ0n) is 15.7. The fourth-order valence-corrected chi connectivity index (χ4v) is 5.21. The lowest BCUT2D eigenvalue weighted by Gasteiger charge is -2.33. The van der Waals surface area contributed by atoms with Crippen molar-refractivity contribution in [1.82, 2.24) is 14.5 Å². The molecule has 26 heavy (non-hydrogen) atoms. The number of carbonyl (C=O) groups excluding carboxylic acids is 1. The third kappa shape index (κ3) is 4.45. The maximum Gasteiger partial charge on any atom is 0.243 e. The summed E-state index contributed by atoms with van der Waals surface area (Å²) in [6, 6.07) is 5.60. The van der Waals surface area contributed by atoms with Crippen LogP contribution in [0.3, 0.4) is 0 Å². The second-order valence-corrected chi connectivity index (χ2v) is 9.41. The first-order valence-corrected chi connectivity index (χ1v) is 10.9. The molecular weight excluding hydrogens is 350 g/mol. The molecule has 2 aliphatic rings. The highest BCUT2D eigenvalue weighted by Crippen LogP contribution is 2.21. The number of carbonyl (C=O) groups is 1. The molecule has 0 aromatic heterocycles. The average Bonchev–Trinajstić information content (AvgIpc) is 3.10. The number of piperazine rings is 1. The quantitative estimate of drug-likeness (QED) is 0.845. The van der Waals surface area contributed by atoms with Crippen LogP contribution in [-0.4, -0.2) is 62.3 Å². The zero-order chi connectivity index (χ0) is 18.7. The summed E-state index contributed by atoms with van der Waals surface area (Å²) < 4.78 is 27.2. The van der Waals surface area contributed by atoms with Crippen LogP contribution < -0.4 is 5.32 Å². The van der Waals surface area contributed by atoms with E-state index in [1.165, 1.54) is 17.1 Å². The van der Waals surface area contributed by atoms with Crippen molar-refractivity contribution in [1.29, 1.82) is 0 Å². The molecular formula is C19H29N3O3S. The molecule has 0 radical (unpaired) electrons. The van der Waals surface area contributed by atoms with Gasteiger partial charge in [-0.05, 0) is 49.9 Å². The molecule has 0 unspecified atom stereocenters. The van der Waals surface area contributed by atoms with Crippen LogP contribution in [0.4, 0.5) is 0 Å². The molecule has 0 spiro atoms. The molecule has 144 valence electrons. The number of hydrogen-bond donors (Lipinski definition) is 1. The molecule has 0 atom stereocenters. The van der Waals surface area contributed by atoms with E-state index in [2.05, 4.69) is 5.32 Å². The molecule has 1 saturated carbocycles. The van der Waals surface area contributed by atoms with E-state index in [0.717, 1.165) is 24.0 Å². The maximum absolute atomic E-state index is 12.8. The molecule has 7 heteroatoms. The summed E-state index contributed by atoms with van der Waals surface area (Å²) in [6.45, 7) is 6.27. The Hall–Kier alpha value is -1.44. The van der Waals surface area contributed by atoms with Crippen LogP contribution in [0, 0.1) is 13.8 Å². The van der Waals surface area contributed by atoms with Crippen molar-refractivity contribution >= 4 is 15.9 Å².